The highest BCUT2D eigenvalue weighted by Crippen LogP contribution is 2.03. The van der Waals surface area contributed by atoms with Crippen LogP contribution in [0.1, 0.15) is 33.6 Å². The number of carbonyl (C=O) groups is 5. The Hall–Kier alpha value is -2.38. The zero-order valence-corrected chi connectivity index (χ0v) is 18.0. The number of hydrogen-bond acceptors (Lipinski definition) is 8. The van der Waals surface area contributed by atoms with Crippen LogP contribution in [0, 0.1) is 5.92 Å². The molecule has 0 saturated heterocycles. The van der Waals surface area contributed by atoms with Crippen LogP contribution in [-0.2, 0) is 24.0 Å². The zero-order valence-electron chi connectivity index (χ0n) is 17.1. The van der Waals surface area contributed by atoms with E-state index in [9.17, 15) is 34.2 Å². The summed E-state index contributed by atoms with van der Waals surface area (Å²) >= 11 is 4.00. The molecule has 0 aliphatic heterocycles. The number of nitrogens with two attached hydrogens (primary N) is 2. The number of carbonyl (C=O) groups excluding carboxylic acids is 4. The largest absolute Gasteiger partial charge is 0.480 e. The van der Waals surface area contributed by atoms with Gasteiger partial charge in [-0.2, -0.15) is 12.6 Å². The Morgan fingerprint density at radius 2 is 1.47 bits per heavy atom. The maximum absolute atomic E-state index is 12.5. The van der Waals surface area contributed by atoms with Gasteiger partial charge < -0.3 is 37.6 Å². The first-order chi connectivity index (χ1) is 13.8. The zero-order chi connectivity index (χ0) is 23.6. The number of amides is 4. The fraction of sp³-hybridized carbons (Fsp3) is 0.706. The first-order valence-corrected chi connectivity index (χ1v) is 9.91. The van der Waals surface area contributed by atoms with Gasteiger partial charge in [-0.15, -0.1) is 0 Å². The van der Waals surface area contributed by atoms with E-state index in [1.165, 1.54) is 6.92 Å². The summed E-state index contributed by atoms with van der Waals surface area (Å²) in [6.45, 7) is 4.67. The van der Waals surface area contributed by atoms with E-state index in [0.29, 0.717) is 0 Å². The lowest BCUT2D eigenvalue weighted by Gasteiger charge is -2.26. The van der Waals surface area contributed by atoms with E-state index in [4.69, 9.17) is 11.5 Å². The predicted octanol–water partition coefficient (Wildman–Crippen LogP) is -2.92. The van der Waals surface area contributed by atoms with Gasteiger partial charge in [0.05, 0.1) is 12.1 Å². The normalized spacial score (nSPS) is 16.0. The van der Waals surface area contributed by atoms with E-state index >= 15 is 0 Å². The number of carboxylic acids is 1. The van der Waals surface area contributed by atoms with Crippen LogP contribution in [0.15, 0.2) is 0 Å². The quantitative estimate of drug-likeness (QED) is 0.136. The van der Waals surface area contributed by atoms with Crippen molar-refractivity contribution >= 4 is 42.2 Å². The summed E-state index contributed by atoms with van der Waals surface area (Å²) in [5.74, 6) is -4.86. The Labute approximate surface area is 179 Å². The molecular formula is C17H31N5O7S. The van der Waals surface area contributed by atoms with Crippen molar-refractivity contribution in [3.05, 3.63) is 0 Å². The predicted molar refractivity (Wildman–Crippen MR) is 110 cm³/mol. The third-order valence-electron chi connectivity index (χ3n) is 4.19. The highest BCUT2D eigenvalue weighted by atomic mass is 32.1. The van der Waals surface area contributed by atoms with E-state index in [1.54, 1.807) is 13.8 Å². The van der Waals surface area contributed by atoms with Crippen molar-refractivity contribution in [3.63, 3.8) is 0 Å². The van der Waals surface area contributed by atoms with Crippen LogP contribution < -0.4 is 27.4 Å². The number of aliphatic hydroxyl groups is 1. The minimum atomic E-state index is -1.52. The summed E-state index contributed by atoms with van der Waals surface area (Å²) in [5, 5.41) is 25.9. The van der Waals surface area contributed by atoms with Gasteiger partial charge in [0.15, 0.2) is 0 Å². The van der Waals surface area contributed by atoms with Crippen molar-refractivity contribution < 1.29 is 34.2 Å². The molecule has 5 unspecified atom stereocenters. The summed E-state index contributed by atoms with van der Waals surface area (Å²) in [6.07, 6.45) is -1.94. The highest BCUT2D eigenvalue weighted by molar-refractivity contribution is 7.80. The lowest BCUT2D eigenvalue weighted by atomic mass is 10.0. The topological polar surface area (TPSA) is 214 Å². The fourth-order valence-corrected chi connectivity index (χ4v) is 2.49. The number of aliphatic hydroxyl groups excluding tert-OH is 1. The van der Waals surface area contributed by atoms with Crippen molar-refractivity contribution in [2.75, 3.05) is 5.75 Å². The molecule has 0 aliphatic rings. The molecule has 0 rings (SSSR count). The van der Waals surface area contributed by atoms with Crippen LogP contribution in [0.3, 0.4) is 0 Å². The third-order valence-corrected chi connectivity index (χ3v) is 4.56. The molecule has 4 amide bonds. The molecule has 5 atom stereocenters. The molecule has 9 N–H and O–H groups in total. The van der Waals surface area contributed by atoms with Crippen molar-refractivity contribution in [2.24, 2.45) is 17.4 Å². The molecule has 0 bridgehead atoms. The first kappa shape index (κ1) is 27.6. The molecular weight excluding hydrogens is 418 g/mol. The maximum Gasteiger partial charge on any atom is 0.326 e. The van der Waals surface area contributed by atoms with Gasteiger partial charge in [-0.1, -0.05) is 13.8 Å². The van der Waals surface area contributed by atoms with Gasteiger partial charge in [-0.05, 0) is 19.3 Å². The average Bonchev–Trinajstić information content (AvgIpc) is 2.65. The molecule has 0 aliphatic carbocycles. The van der Waals surface area contributed by atoms with Crippen LogP contribution >= 0.6 is 12.6 Å². The Balaban J connectivity index is 5.20. The lowest BCUT2D eigenvalue weighted by molar-refractivity contribution is -0.143. The molecule has 13 heteroatoms. The van der Waals surface area contributed by atoms with Crippen LogP contribution in [0.2, 0.25) is 0 Å². The number of primary amides is 1. The molecule has 0 spiro atoms. The number of aliphatic carboxylic acids is 1. The second-order valence-electron chi connectivity index (χ2n) is 7.14. The van der Waals surface area contributed by atoms with E-state index < -0.39 is 59.9 Å². The number of thiol groups is 1. The Kier molecular flexibility index (Phi) is 12.0. The first-order valence-electron chi connectivity index (χ1n) is 9.28. The van der Waals surface area contributed by atoms with Gasteiger partial charge in [-0.3, -0.25) is 19.2 Å². The smallest absolute Gasteiger partial charge is 0.326 e. The van der Waals surface area contributed by atoms with Crippen molar-refractivity contribution in [1.29, 1.82) is 0 Å². The fourth-order valence-electron chi connectivity index (χ4n) is 2.23. The molecule has 0 aromatic heterocycles. The second kappa shape index (κ2) is 13.0. The van der Waals surface area contributed by atoms with Crippen LogP contribution in [-0.4, -0.2) is 75.8 Å². The Bertz CT molecular complexity index is 644. The summed E-state index contributed by atoms with van der Waals surface area (Å²) in [5.41, 5.74) is 10.7. The van der Waals surface area contributed by atoms with Gasteiger partial charge in [-0.25, -0.2) is 4.79 Å². The number of rotatable bonds is 13. The van der Waals surface area contributed by atoms with Crippen LogP contribution in [0.4, 0.5) is 0 Å². The number of carboxylic acid groups (broad SMARTS) is 1. The third kappa shape index (κ3) is 9.41. The lowest BCUT2D eigenvalue weighted by Crippen LogP contribution is -2.60. The molecule has 0 saturated carbocycles. The summed E-state index contributed by atoms with van der Waals surface area (Å²) in [7, 11) is 0. The number of hydrogen-bond donors (Lipinski definition) is 8. The minimum Gasteiger partial charge on any atom is -0.480 e. The van der Waals surface area contributed by atoms with Gasteiger partial charge in [0.1, 0.15) is 18.1 Å². The van der Waals surface area contributed by atoms with Crippen molar-refractivity contribution in [2.45, 2.75) is 63.9 Å². The van der Waals surface area contributed by atoms with E-state index in [-0.39, 0.29) is 24.5 Å². The molecule has 172 valence electrons. The Morgan fingerprint density at radius 3 is 1.87 bits per heavy atom. The molecule has 30 heavy (non-hydrogen) atoms. The standard InChI is InChI=1S/C17H31N5O7S/c1-7(2)12(19)15(26)21-10(6-30)14(25)22-13(8(3)23)16(27)20-9(17(28)29)4-5-11(18)24/h7-10,12-13,23,30H,4-6,19H2,1-3H3,(H2,18,24)(H,20,27)(H,21,26)(H,22,25)(H,28,29). The average molecular weight is 450 g/mol. The van der Waals surface area contributed by atoms with Crippen molar-refractivity contribution in [3.8, 4) is 0 Å². The molecule has 0 heterocycles. The number of nitrogens with one attached hydrogen (secondary N) is 3. The molecule has 0 fully saturated rings. The van der Waals surface area contributed by atoms with Gasteiger partial charge in [0.25, 0.3) is 0 Å². The SMILES string of the molecule is CC(C)C(N)C(=O)NC(CS)C(=O)NC(C(=O)NC(CCC(N)=O)C(=O)O)C(C)O. The van der Waals surface area contributed by atoms with Gasteiger partial charge >= 0.3 is 5.97 Å². The maximum atomic E-state index is 12.5. The summed E-state index contributed by atoms with van der Waals surface area (Å²) < 4.78 is 0. The monoisotopic (exact) mass is 449 g/mol. The van der Waals surface area contributed by atoms with E-state index in [0.717, 1.165) is 0 Å². The summed E-state index contributed by atoms with van der Waals surface area (Å²) in [6, 6.07) is -4.99. The van der Waals surface area contributed by atoms with E-state index in [2.05, 4.69) is 28.6 Å². The summed E-state index contributed by atoms with van der Waals surface area (Å²) in [4.78, 5) is 59.1. The second-order valence-corrected chi connectivity index (χ2v) is 7.51. The van der Waals surface area contributed by atoms with Gasteiger partial charge in [0.2, 0.25) is 23.6 Å². The minimum absolute atomic E-state index is 0.118. The highest BCUT2D eigenvalue weighted by Gasteiger charge is 2.32. The van der Waals surface area contributed by atoms with Crippen LogP contribution in [0.25, 0.3) is 0 Å². The van der Waals surface area contributed by atoms with Crippen molar-refractivity contribution in [1.82, 2.24) is 16.0 Å². The Morgan fingerprint density at radius 1 is 0.933 bits per heavy atom. The molecule has 0 aromatic rings. The molecule has 0 aromatic carbocycles. The molecule has 12 nitrogen and oxygen atoms in total. The van der Waals surface area contributed by atoms with E-state index in [1.807, 2.05) is 0 Å². The molecule has 0 radical (unpaired) electrons. The van der Waals surface area contributed by atoms with Crippen LogP contribution in [0.5, 0.6) is 0 Å². The van der Waals surface area contributed by atoms with Gasteiger partial charge in [0, 0.05) is 12.2 Å².